The lowest BCUT2D eigenvalue weighted by Gasteiger charge is -2.41. The number of aliphatic hydroxyl groups is 1. The van der Waals surface area contributed by atoms with Gasteiger partial charge in [-0.3, -0.25) is 4.90 Å². The maximum Gasteiger partial charge on any atom is 0.260 e. The van der Waals surface area contributed by atoms with Crippen molar-refractivity contribution in [2.75, 3.05) is 26.7 Å². The molecule has 3 aliphatic rings. The molecule has 0 unspecified atom stereocenters. The molecule has 38 heavy (non-hydrogen) atoms. The van der Waals surface area contributed by atoms with Crippen LogP contribution in [0.25, 0.3) is 0 Å². The van der Waals surface area contributed by atoms with Crippen LogP contribution in [0.3, 0.4) is 0 Å². The average molecular weight is 606 g/mol. The summed E-state index contributed by atoms with van der Waals surface area (Å²) < 4.78 is 42.2. The number of piperidine rings is 1. The molecule has 1 aromatic heterocycles. The largest absolute Gasteiger partial charge is 0.481 e. The van der Waals surface area contributed by atoms with Gasteiger partial charge in [-0.1, -0.05) is 70.0 Å². The number of nitrogens with zero attached hydrogens (tertiary/aromatic N) is 2. The van der Waals surface area contributed by atoms with Crippen molar-refractivity contribution in [2.45, 2.75) is 42.3 Å². The zero-order valence-electron chi connectivity index (χ0n) is 20.8. The Kier molecular flexibility index (Phi) is 6.45. The second-order valence-electron chi connectivity index (χ2n) is 10.6. The summed E-state index contributed by atoms with van der Waals surface area (Å²) in [5, 5.41) is 13.0. The number of benzene rings is 2. The maximum atomic E-state index is 14.4. The molecule has 1 saturated heterocycles. The lowest BCUT2D eigenvalue weighted by molar-refractivity contribution is -0.106. The molecule has 2 aliphatic heterocycles. The predicted octanol–water partition coefficient (Wildman–Crippen LogP) is 6.52. The zero-order chi connectivity index (χ0) is 26.7. The van der Waals surface area contributed by atoms with Gasteiger partial charge in [-0.25, -0.2) is 13.8 Å². The SMILES string of the molecule is COc1nc(Cl)cc2c1[C@]1(O)C[C@H](CN3CCCC(F)(F)C3)[C@@H](c3ccccc3)[C@]1(c1ccc(Br)cc1)O2. The van der Waals surface area contributed by atoms with E-state index >= 15 is 0 Å². The molecule has 5 nitrogen and oxygen atoms in total. The summed E-state index contributed by atoms with van der Waals surface area (Å²) in [5.74, 6) is -2.67. The maximum absolute atomic E-state index is 14.4. The van der Waals surface area contributed by atoms with E-state index in [9.17, 15) is 13.9 Å². The number of halogens is 4. The van der Waals surface area contributed by atoms with Crippen molar-refractivity contribution in [3.8, 4) is 11.6 Å². The van der Waals surface area contributed by atoms with Gasteiger partial charge in [0.15, 0.2) is 5.60 Å². The second-order valence-corrected chi connectivity index (χ2v) is 11.9. The Labute approximate surface area is 233 Å². The number of hydrogen-bond donors (Lipinski definition) is 1. The van der Waals surface area contributed by atoms with Crippen LogP contribution in [0.2, 0.25) is 5.15 Å². The summed E-state index contributed by atoms with van der Waals surface area (Å²) in [7, 11) is 1.48. The molecule has 2 aromatic carbocycles. The normalized spacial score (nSPS) is 29.9. The van der Waals surface area contributed by atoms with Crippen molar-refractivity contribution < 1.29 is 23.4 Å². The first-order valence-corrected chi connectivity index (χ1v) is 13.9. The highest BCUT2D eigenvalue weighted by Crippen LogP contribution is 2.70. The van der Waals surface area contributed by atoms with Crippen molar-refractivity contribution in [2.24, 2.45) is 5.92 Å². The Hall–Kier alpha value is -2.26. The molecule has 1 aliphatic carbocycles. The molecule has 200 valence electrons. The number of likely N-dealkylation sites (tertiary alicyclic amines) is 1. The number of rotatable bonds is 5. The minimum Gasteiger partial charge on any atom is -0.481 e. The van der Waals surface area contributed by atoms with E-state index < -0.39 is 17.1 Å². The summed E-state index contributed by atoms with van der Waals surface area (Å²) in [6, 6.07) is 19.2. The molecule has 9 heteroatoms. The van der Waals surface area contributed by atoms with Crippen LogP contribution in [0.4, 0.5) is 8.78 Å². The van der Waals surface area contributed by atoms with Crippen LogP contribution in [0.1, 0.15) is 41.9 Å². The fourth-order valence-electron chi connectivity index (χ4n) is 6.97. The van der Waals surface area contributed by atoms with Gasteiger partial charge in [0, 0.05) is 29.4 Å². The van der Waals surface area contributed by atoms with E-state index in [1.54, 1.807) is 6.07 Å². The van der Waals surface area contributed by atoms with E-state index in [2.05, 4.69) is 20.9 Å². The number of alkyl halides is 2. The third-order valence-electron chi connectivity index (χ3n) is 8.27. The summed E-state index contributed by atoms with van der Waals surface area (Å²) in [4.78, 5) is 6.19. The van der Waals surface area contributed by atoms with Crippen molar-refractivity contribution in [3.05, 3.63) is 87.0 Å². The molecule has 1 N–H and O–H groups in total. The first-order chi connectivity index (χ1) is 18.2. The Morgan fingerprint density at radius 2 is 1.92 bits per heavy atom. The van der Waals surface area contributed by atoms with Crippen LogP contribution in [0.5, 0.6) is 11.6 Å². The molecule has 0 spiro atoms. The van der Waals surface area contributed by atoms with Crippen LogP contribution < -0.4 is 9.47 Å². The standard InChI is InChI=1S/C29H28BrClF2N2O3/c1-37-26-25-22(14-23(31)34-26)38-29(20-8-10-21(30)11-9-20)24(18-6-3-2-4-7-18)19(15-28(25,29)36)16-35-13-5-12-27(32,33)17-35/h2-4,6-11,14,19,24,36H,5,12-13,15-17H2,1H3/t19-,24-,28-,29+/m1/s1. The van der Waals surface area contributed by atoms with Crippen molar-refractivity contribution in [3.63, 3.8) is 0 Å². The zero-order valence-corrected chi connectivity index (χ0v) is 23.2. The highest BCUT2D eigenvalue weighted by molar-refractivity contribution is 9.10. The monoisotopic (exact) mass is 604 g/mol. The molecule has 1 saturated carbocycles. The van der Waals surface area contributed by atoms with Crippen molar-refractivity contribution in [1.29, 1.82) is 0 Å². The van der Waals surface area contributed by atoms with Gasteiger partial charge in [0.05, 0.1) is 19.2 Å². The molecule has 0 amide bonds. The lowest BCUT2D eigenvalue weighted by atomic mass is 9.71. The highest BCUT2D eigenvalue weighted by atomic mass is 79.9. The molecule has 3 heterocycles. The van der Waals surface area contributed by atoms with E-state index in [0.29, 0.717) is 30.8 Å². The number of ether oxygens (including phenoxy) is 2. The third-order valence-corrected chi connectivity index (χ3v) is 9.00. The first kappa shape index (κ1) is 26.0. The Balaban J connectivity index is 1.56. The fraction of sp³-hybridized carbons (Fsp3) is 0.414. The molecular weight excluding hydrogens is 578 g/mol. The number of fused-ring (bicyclic) bond motifs is 3. The predicted molar refractivity (Wildman–Crippen MR) is 144 cm³/mol. The quantitative estimate of drug-likeness (QED) is 0.336. The van der Waals surface area contributed by atoms with Crippen LogP contribution in [-0.2, 0) is 11.2 Å². The molecule has 3 aromatic rings. The fourth-order valence-corrected chi connectivity index (χ4v) is 7.41. The van der Waals surface area contributed by atoms with E-state index in [0.717, 1.165) is 15.6 Å². The number of hydrogen-bond acceptors (Lipinski definition) is 5. The summed E-state index contributed by atoms with van der Waals surface area (Å²) in [6.07, 6.45) is 0.619. The summed E-state index contributed by atoms with van der Waals surface area (Å²) in [5.41, 5.74) is -0.633. The highest BCUT2D eigenvalue weighted by Gasteiger charge is 2.72. The van der Waals surface area contributed by atoms with Gasteiger partial charge < -0.3 is 14.6 Å². The van der Waals surface area contributed by atoms with Gasteiger partial charge >= 0.3 is 0 Å². The van der Waals surface area contributed by atoms with E-state index in [4.69, 9.17) is 21.1 Å². The van der Waals surface area contributed by atoms with Gasteiger partial charge in [0.2, 0.25) is 5.88 Å². The summed E-state index contributed by atoms with van der Waals surface area (Å²) >= 11 is 9.84. The molecular formula is C29H28BrClF2N2O3. The molecule has 0 bridgehead atoms. The number of pyridine rings is 1. The van der Waals surface area contributed by atoms with Crippen molar-refractivity contribution in [1.82, 2.24) is 9.88 Å². The van der Waals surface area contributed by atoms with Crippen molar-refractivity contribution >= 4 is 27.5 Å². The van der Waals surface area contributed by atoms with Gasteiger partial charge in [0.1, 0.15) is 16.5 Å². The van der Waals surface area contributed by atoms with Gasteiger partial charge in [0.25, 0.3) is 5.92 Å². The number of aromatic nitrogens is 1. The molecule has 6 rings (SSSR count). The van der Waals surface area contributed by atoms with Crippen LogP contribution >= 0.6 is 27.5 Å². The third kappa shape index (κ3) is 4.03. The number of methoxy groups -OCH3 is 1. The Morgan fingerprint density at radius 3 is 2.61 bits per heavy atom. The Morgan fingerprint density at radius 1 is 1.18 bits per heavy atom. The van der Waals surface area contributed by atoms with Crippen LogP contribution in [0.15, 0.2) is 65.1 Å². The minimum absolute atomic E-state index is 0.0941. The van der Waals surface area contributed by atoms with E-state index in [-0.39, 0.29) is 42.3 Å². The Bertz CT molecular complexity index is 1350. The van der Waals surface area contributed by atoms with Gasteiger partial charge in [-0.2, -0.15) is 0 Å². The van der Waals surface area contributed by atoms with Gasteiger partial charge in [-0.05, 0) is 48.6 Å². The average Bonchev–Trinajstić information content (AvgIpc) is 3.26. The molecule has 0 radical (unpaired) electrons. The van der Waals surface area contributed by atoms with Gasteiger partial charge in [-0.15, -0.1) is 0 Å². The van der Waals surface area contributed by atoms with E-state index in [1.807, 2.05) is 59.5 Å². The van der Waals surface area contributed by atoms with Crippen LogP contribution in [0, 0.1) is 5.92 Å². The van der Waals surface area contributed by atoms with Crippen LogP contribution in [-0.4, -0.2) is 47.7 Å². The minimum atomic E-state index is -2.72. The first-order valence-electron chi connectivity index (χ1n) is 12.7. The van der Waals surface area contributed by atoms with E-state index in [1.165, 1.54) is 7.11 Å². The smallest absolute Gasteiger partial charge is 0.260 e. The second kappa shape index (κ2) is 9.44. The lowest BCUT2D eigenvalue weighted by Crippen LogP contribution is -2.49. The summed E-state index contributed by atoms with van der Waals surface area (Å²) in [6.45, 7) is 0.708. The topological polar surface area (TPSA) is 54.8 Å². The molecule has 2 fully saturated rings. The molecule has 4 atom stereocenters.